The van der Waals surface area contributed by atoms with Crippen molar-refractivity contribution in [2.45, 2.75) is 56.2 Å². The second-order valence-corrected chi connectivity index (χ2v) is 8.68. The molecule has 1 aromatic rings. The predicted octanol–water partition coefficient (Wildman–Crippen LogP) is 1.50. The number of carbonyl (C=O) groups is 3. The molecule has 1 amide bonds. The van der Waals surface area contributed by atoms with E-state index in [2.05, 4.69) is 0 Å². The van der Waals surface area contributed by atoms with Gasteiger partial charge in [-0.25, -0.2) is 4.79 Å². The normalized spacial score (nSPS) is 21.2. The zero-order valence-electron chi connectivity index (χ0n) is 18.2. The molecule has 1 aromatic carbocycles. The highest BCUT2D eigenvalue weighted by molar-refractivity contribution is 6.30. The molecule has 10 heteroatoms. The zero-order chi connectivity index (χ0) is 23.9. The van der Waals surface area contributed by atoms with Crippen LogP contribution in [0.1, 0.15) is 37.7 Å². The molecule has 0 radical (unpaired) electrons. The molecular weight excluding hydrogens is 438 g/mol. The molecular formula is C22H32ClN3O6. The van der Waals surface area contributed by atoms with Crippen molar-refractivity contribution < 1.29 is 29.3 Å². The first-order valence-electron chi connectivity index (χ1n) is 10.7. The van der Waals surface area contributed by atoms with Crippen LogP contribution < -0.4 is 11.5 Å². The second-order valence-electron chi connectivity index (χ2n) is 8.25. The molecule has 0 spiro atoms. The summed E-state index contributed by atoms with van der Waals surface area (Å²) < 4.78 is 5.26. The monoisotopic (exact) mass is 469 g/mol. The van der Waals surface area contributed by atoms with Crippen LogP contribution in [-0.4, -0.2) is 70.8 Å². The summed E-state index contributed by atoms with van der Waals surface area (Å²) in [6.45, 7) is 0.422. The number of likely N-dealkylation sites (tertiary alicyclic amines) is 1. The topological polar surface area (TPSA) is 156 Å². The first-order valence-corrected chi connectivity index (χ1v) is 11.0. The third-order valence-corrected chi connectivity index (χ3v) is 6.39. The molecule has 0 aromatic heterocycles. The molecule has 1 heterocycles. The summed E-state index contributed by atoms with van der Waals surface area (Å²) >= 11 is 5.91. The quantitative estimate of drug-likeness (QED) is 0.335. The molecule has 32 heavy (non-hydrogen) atoms. The van der Waals surface area contributed by atoms with Crippen molar-refractivity contribution in [3.63, 3.8) is 0 Å². The lowest BCUT2D eigenvalue weighted by Gasteiger charge is -2.38. The number of nitrogens with zero attached hydrogens (tertiary/aromatic N) is 1. The number of benzene rings is 1. The van der Waals surface area contributed by atoms with Gasteiger partial charge in [-0.1, -0.05) is 23.7 Å². The van der Waals surface area contributed by atoms with Gasteiger partial charge in [0, 0.05) is 25.1 Å². The molecule has 0 bridgehead atoms. The third-order valence-electron chi connectivity index (χ3n) is 6.14. The smallest absolute Gasteiger partial charge is 0.326 e. The SMILES string of the molecule is COC1C[C@@H](C(=O)O)N(C(=O)[C@@](N)(CCCCN)[C@H](CCc2ccc(Cl)cc2)C(=O)O)C1. The lowest BCUT2D eigenvalue weighted by molar-refractivity contribution is -0.156. The fraction of sp³-hybridized carbons (Fsp3) is 0.591. The molecule has 1 aliphatic heterocycles. The molecule has 6 N–H and O–H groups in total. The molecule has 0 aliphatic carbocycles. The van der Waals surface area contributed by atoms with Crippen LogP contribution in [0, 0.1) is 5.92 Å². The van der Waals surface area contributed by atoms with Gasteiger partial charge in [-0.15, -0.1) is 0 Å². The third kappa shape index (κ3) is 6.19. The Hall–Kier alpha value is -2.20. The van der Waals surface area contributed by atoms with Gasteiger partial charge in [0.15, 0.2) is 0 Å². The average molecular weight is 470 g/mol. The van der Waals surface area contributed by atoms with Crippen molar-refractivity contribution in [3.8, 4) is 0 Å². The Bertz CT molecular complexity index is 805. The maximum Gasteiger partial charge on any atom is 0.326 e. The van der Waals surface area contributed by atoms with Crippen molar-refractivity contribution in [1.82, 2.24) is 4.90 Å². The Morgan fingerprint density at radius 1 is 1.25 bits per heavy atom. The summed E-state index contributed by atoms with van der Waals surface area (Å²) in [4.78, 5) is 38.8. The van der Waals surface area contributed by atoms with Gasteiger partial charge in [-0.2, -0.15) is 0 Å². The molecule has 2 rings (SSSR count). The summed E-state index contributed by atoms with van der Waals surface area (Å²) in [5, 5.41) is 20.2. The molecule has 9 nitrogen and oxygen atoms in total. The van der Waals surface area contributed by atoms with E-state index in [-0.39, 0.29) is 25.8 Å². The van der Waals surface area contributed by atoms with E-state index in [0.717, 1.165) is 10.5 Å². The Kier molecular flexibility index (Phi) is 9.45. The molecule has 0 saturated carbocycles. The number of nitrogens with two attached hydrogens (primary N) is 2. The van der Waals surface area contributed by atoms with Crippen molar-refractivity contribution in [3.05, 3.63) is 34.9 Å². The summed E-state index contributed by atoms with van der Waals surface area (Å²) in [5.41, 5.74) is 11.2. The molecule has 1 saturated heterocycles. The van der Waals surface area contributed by atoms with Crippen LogP contribution in [0.5, 0.6) is 0 Å². The number of amides is 1. The Labute approximate surface area is 192 Å². The van der Waals surface area contributed by atoms with Gasteiger partial charge in [0.25, 0.3) is 0 Å². The Morgan fingerprint density at radius 2 is 1.91 bits per heavy atom. The number of carboxylic acid groups (broad SMARTS) is 2. The number of rotatable bonds is 12. The van der Waals surface area contributed by atoms with Crippen molar-refractivity contribution in [1.29, 1.82) is 0 Å². The maximum absolute atomic E-state index is 13.6. The van der Waals surface area contributed by atoms with Gasteiger partial charge in [-0.3, -0.25) is 9.59 Å². The minimum absolute atomic E-state index is 0.0473. The predicted molar refractivity (Wildman–Crippen MR) is 119 cm³/mol. The van der Waals surface area contributed by atoms with Gasteiger partial charge < -0.3 is 31.3 Å². The van der Waals surface area contributed by atoms with Crippen molar-refractivity contribution in [2.75, 3.05) is 20.2 Å². The number of unbranched alkanes of at least 4 members (excludes halogenated alkanes) is 1. The number of halogens is 1. The highest BCUT2D eigenvalue weighted by Crippen LogP contribution is 2.32. The Morgan fingerprint density at radius 3 is 2.44 bits per heavy atom. The fourth-order valence-electron chi connectivity index (χ4n) is 4.25. The van der Waals surface area contributed by atoms with Crippen molar-refractivity contribution >= 4 is 29.4 Å². The van der Waals surface area contributed by atoms with E-state index in [9.17, 15) is 24.6 Å². The number of aliphatic carboxylic acids is 2. The maximum atomic E-state index is 13.6. The zero-order valence-corrected chi connectivity index (χ0v) is 19.0. The van der Waals surface area contributed by atoms with Gasteiger partial charge in [0.05, 0.1) is 12.0 Å². The molecule has 1 unspecified atom stereocenters. The minimum atomic E-state index is -1.77. The number of hydrogen-bond acceptors (Lipinski definition) is 6. The molecule has 178 valence electrons. The average Bonchev–Trinajstić information content (AvgIpc) is 3.19. The number of carbonyl (C=O) groups excluding carboxylic acids is 1. The fourth-order valence-corrected chi connectivity index (χ4v) is 4.38. The summed E-state index contributed by atoms with van der Waals surface area (Å²) in [7, 11) is 1.45. The van der Waals surface area contributed by atoms with Crippen LogP contribution in [0.3, 0.4) is 0 Å². The molecule has 1 aliphatic rings. The highest BCUT2D eigenvalue weighted by atomic mass is 35.5. The number of methoxy groups -OCH3 is 1. The van der Waals surface area contributed by atoms with Gasteiger partial charge in [-0.05, 0) is 56.3 Å². The van der Waals surface area contributed by atoms with E-state index in [1.54, 1.807) is 24.3 Å². The molecule has 4 atom stereocenters. The first kappa shape index (κ1) is 26.1. The highest BCUT2D eigenvalue weighted by Gasteiger charge is 2.51. The van der Waals surface area contributed by atoms with E-state index >= 15 is 0 Å². The van der Waals surface area contributed by atoms with Crippen LogP contribution in [0.25, 0.3) is 0 Å². The van der Waals surface area contributed by atoms with E-state index < -0.39 is 41.4 Å². The van der Waals surface area contributed by atoms with Gasteiger partial charge in [0.1, 0.15) is 11.6 Å². The van der Waals surface area contributed by atoms with Crippen LogP contribution in [0.2, 0.25) is 5.02 Å². The summed E-state index contributed by atoms with van der Waals surface area (Å²) in [6.07, 6.45) is 1.26. The largest absolute Gasteiger partial charge is 0.481 e. The van der Waals surface area contributed by atoms with Gasteiger partial charge >= 0.3 is 11.9 Å². The second kappa shape index (κ2) is 11.6. The lowest BCUT2D eigenvalue weighted by Crippen LogP contribution is -2.63. The standard InChI is InChI=1S/C22H32ClN3O6/c1-32-16-12-18(20(29)30)26(13-16)21(31)22(25,10-2-3-11-24)17(19(27)28)9-6-14-4-7-15(23)8-5-14/h4-5,7-8,16-18H,2-3,6,9-13,24-25H2,1H3,(H,27,28)(H,29,30)/t16?,17-,18+,22-/m1/s1. The number of aryl methyl sites for hydroxylation is 1. The number of hydrogen-bond donors (Lipinski definition) is 4. The van der Waals surface area contributed by atoms with E-state index in [1.807, 2.05) is 0 Å². The minimum Gasteiger partial charge on any atom is -0.481 e. The van der Waals surface area contributed by atoms with E-state index in [1.165, 1.54) is 7.11 Å². The van der Waals surface area contributed by atoms with E-state index in [0.29, 0.717) is 30.8 Å². The van der Waals surface area contributed by atoms with Crippen LogP contribution in [0.15, 0.2) is 24.3 Å². The van der Waals surface area contributed by atoms with Crippen LogP contribution >= 0.6 is 11.6 Å². The van der Waals surface area contributed by atoms with Crippen molar-refractivity contribution in [2.24, 2.45) is 17.4 Å². The van der Waals surface area contributed by atoms with Crippen LogP contribution in [0.4, 0.5) is 0 Å². The van der Waals surface area contributed by atoms with Crippen LogP contribution in [-0.2, 0) is 25.5 Å². The number of carboxylic acids is 2. The molecule has 1 fully saturated rings. The summed E-state index contributed by atoms with van der Waals surface area (Å²) in [5.74, 6) is -4.25. The lowest BCUT2D eigenvalue weighted by atomic mass is 9.76. The first-order chi connectivity index (χ1) is 15.1. The van der Waals surface area contributed by atoms with Gasteiger partial charge in [0.2, 0.25) is 5.91 Å². The van der Waals surface area contributed by atoms with E-state index in [4.69, 9.17) is 27.8 Å². The Balaban J connectivity index is 2.33. The summed E-state index contributed by atoms with van der Waals surface area (Å²) in [6, 6.07) is 5.89. The number of ether oxygens (including phenoxy) is 1.